The number of carbonyl (C=O) groups is 1. The minimum absolute atomic E-state index is 0.311. The molecule has 152 valence electrons. The van der Waals surface area contributed by atoms with E-state index in [1.54, 1.807) is 37.8 Å². The van der Waals surface area contributed by atoms with E-state index in [0.717, 1.165) is 16.7 Å². The van der Waals surface area contributed by atoms with Crippen molar-refractivity contribution < 1.29 is 9.90 Å². The van der Waals surface area contributed by atoms with Crippen LogP contribution in [0.15, 0.2) is 43.0 Å². The van der Waals surface area contributed by atoms with Crippen LogP contribution >= 0.6 is 0 Å². The zero-order chi connectivity index (χ0) is 21.1. The Balaban J connectivity index is 1.82. The molecular weight excluding hydrogens is 384 g/mol. The Morgan fingerprint density at radius 3 is 2.53 bits per heavy atom. The molecule has 1 unspecified atom stereocenters. The number of aliphatic hydroxyl groups is 1. The first-order valence-electron chi connectivity index (χ1n) is 9.41. The molecule has 0 saturated heterocycles. The summed E-state index contributed by atoms with van der Waals surface area (Å²) in [5.41, 5.74) is 3.59. The normalized spacial score (nSPS) is 12.0. The maximum absolute atomic E-state index is 11.9. The van der Waals surface area contributed by atoms with Gasteiger partial charge in [0.1, 0.15) is 6.10 Å². The average molecular weight is 404 g/mol. The molecule has 3 heterocycles. The predicted molar refractivity (Wildman–Crippen MR) is 111 cm³/mol. The number of aliphatic hydroxyl groups excluding tert-OH is 1. The van der Waals surface area contributed by atoms with Gasteiger partial charge in [-0.2, -0.15) is 0 Å². The highest BCUT2D eigenvalue weighted by atomic mass is 16.3. The molecule has 4 rings (SSSR count). The van der Waals surface area contributed by atoms with E-state index in [-0.39, 0.29) is 6.03 Å². The highest BCUT2D eigenvalue weighted by Crippen LogP contribution is 2.32. The molecule has 0 spiro atoms. The number of H-pyrrole nitrogens is 1. The van der Waals surface area contributed by atoms with Gasteiger partial charge in [-0.25, -0.2) is 29.7 Å². The maximum atomic E-state index is 11.9. The fourth-order valence-corrected chi connectivity index (χ4v) is 2.97. The van der Waals surface area contributed by atoms with E-state index in [4.69, 9.17) is 0 Å². The average Bonchev–Trinajstić information content (AvgIpc) is 3.16. The molecule has 1 atom stereocenters. The van der Waals surface area contributed by atoms with Crippen LogP contribution in [0.4, 0.5) is 10.7 Å². The number of rotatable bonds is 5. The number of aromatic nitrogens is 6. The number of nitrogens with one attached hydrogen (secondary N) is 3. The van der Waals surface area contributed by atoms with Gasteiger partial charge in [-0.05, 0) is 37.6 Å². The highest BCUT2D eigenvalue weighted by Gasteiger charge is 2.15. The Kier molecular flexibility index (Phi) is 5.31. The molecule has 3 aromatic heterocycles. The lowest BCUT2D eigenvalue weighted by Crippen LogP contribution is -2.28. The molecule has 0 fully saturated rings. The molecule has 1 aromatic carbocycles. The van der Waals surface area contributed by atoms with E-state index in [1.807, 2.05) is 19.1 Å². The smallest absolute Gasteiger partial charge is 0.321 e. The first kappa shape index (κ1) is 19.4. The summed E-state index contributed by atoms with van der Waals surface area (Å²) in [6, 6.07) is 5.16. The number of nitrogens with zero attached hydrogens (tertiary/aromatic N) is 5. The topological polar surface area (TPSA) is 142 Å². The van der Waals surface area contributed by atoms with Crippen molar-refractivity contribution >= 4 is 23.0 Å². The van der Waals surface area contributed by atoms with Crippen LogP contribution in [0.2, 0.25) is 0 Å². The van der Waals surface area contributed by atoms with E-state index < -0.39 is 6.10 Å². The Morgan fingerprint density at radius 2 is 1.87 bits per heavy atom. The third-order valence-corrected chi connectivity index (χ3v) is 4.35. The molecule has 0 aliphatic heterocycles. The van der Waals surface area contributed by atoms with Crippen molar-refractivity contribution in [1.82, 2.24) is 35.2 Å². The van der Waals surface area contributed by atoms with Crippen LogP contribution in [0, 0.1) is 0 Å². The van der Waals surface area contributed by atoms with Crippen LogP contribution in [0.3, 0.4) is 0 Å². The summed E-state index contributed by atoms with van der Waals surface area (Å²) < 4.78 is 0. The van der Waals surface area contributed by atoms with Crippen LogP contribution < -0.4 is 10.6 Å². The van der Waals surface area contributed by atoms with Gasteiger partial charge in [-0.15, -0.1) is 0 Å². The summed E-state index contributed by atoms with van der Waals surface area (Å²) in [7, 11) is 0. The lowest BCUT2D eigenvalue weighted by molar-refractivity contribution is 0.189. The van der Waals surface area contributed by atoms with Crippen molar-refractivity contribution in [2.24, 2.45) is 0 Å². The van der Waals surface area contributed by atoms with Gasteiger partial charge in [-0.1, -0.05) is 0 Å². The second-order valence-corrected chi connectivity index (χ2v) is 6.57. The Bertz CT molecular complexity index is 1170. The second-order valence-electron chi connectivity index (χ2n) is 6.57. The molecule has 0 bridgehead atoms. The van der Waals surface area contributed by atoms with Crippen molar-refractivity contribution in [3.63, 3.8) is 0 Å². The zero-order valence-corrected chi connectivity index (χ0v) is 16.4. The van der Waals surface area contributed by atoms with E-state index in [0.29, 0.717) is 35.2 Å². The number of anilines is 1. The molecule has 0 aliphatic carbocycles. The van der Waals surface area contributed by atoms with Gasteiger partial charge in [0.05, 0.1) is 11.0 Å². The van der Waals surface area contributed by atoms with Gasteiger partial charge in [-0.3, -0.25) is 5.32 Å². The molecule has 0 radical (unpaired) electrons. The zero-order valence-electron chi connectivity index (χ0n) is 16.4. The van der Waals surface area contributed by atoms with Crippen LogP contribution in [-0.4, -0.2) is 47.6 Å². The molecule has 4 aromatic rings. The number of hydrogen-bond acceptors (Lipinski definition) is 7. The molecule has 10 heteroatoms. The van der Waals surface area contributed by atoms with Gasteiger partial charge in [0.25, 0.3) is 0 Å². The van der Waals surface area contributed by atoms with Crippen LogP contribution in [0.5, 0.6) is 0 Å². The molecule has 0 aliphatic rings. The van der Waals surface area contributed by atoms with Crippen LogP contribution in [0.1, 0.15) is 25.8 Å². The highest BCUT2D eigenvalue weighted by molar-refractivity contribution is 5.97. The lowest BCUT2D eigenvalue weighted by Gasteiger charge is -2.07. The number of urea groups is 1. The van der Waals surface area contributed by atoms with Crippen molar-refractivity contribution in [3.8, 4) is 22.5 Å². The Hall–Kier alpha value is -3.92. The van der Waals surface area contributed by atoms with E-state index in [1.165, 1.54) is 0 Å². The molecule has 0 saturated carbocycles. The number of amides is 2. The van der Waals surface area contributed by atoms with Crippen molar-refractivity contribution in [3.05, 3.63) is 48.8 Å². The standard InChI is InChI=1S/C20H20N8O2/c1-3-21-20(30)28-19-26-15-8-12(13-9-24-17(11(2)29)25-10-13)7-14(16(15)27-19)18-22-5-4-6-23-18/h4-11,29H,3H2,1-2H3,(H3,21,26,27,28,30). The number of benzene rings is 1. The van der Waals surface area contributed by atoms with Gasteiger partial charge in [0, 0.05) is 42.5 Å². The fraction of sp³-hybridized carbons (Fsp3) is 0.200. The molecule has 10 nitrogen and oxygen atoms in total. The SMILES string of the molecule is CCNC(=O)Nc1nc2cc(-c3cnc(C(C)O)nc3)cc(-c3ncccn3)c2[nH]1. The maximum Gasteiger partial charge on any atom is 0.321 e. The molecular formula is C20H20N8O2. The van der Waals surface area contributed by atoms with E-state index >= 15 is 0 Å². The number of imidazole rings is 1. The van der Waals surface area contributed by atoms with Gasteiger partial charge >= 0.3 is 6.03 Å². The largest absolute Gasteiger partial charge is 0.385 e. The monoisotopic (exact) mass is 404 g/mol. The number of fused-ring (bicyclic) bond motifs is 1. The summed E-state index contributed by atoms with van der Waals surface area (Å²) in [6.07, 6.45) is 5.86. The van der Waals surface area contributed by atoms with Crippen LogP contribution in [0.25, 0.3) is 33.5 Å². The fourth-order valence-electron chi connectivity index (χ4n) is 2.97. The summed E-state index contributed by atoms with van der Waals surface area (Å²) in [5, 5.41) is 15.0. The molecule has 2 amide bonds. The lowest BCUT2D eigenvalue weighted by atomic mass is 10.0. The van der Waals surface area contributed by atoms with Gasteiger partial charge in [0.2, 0.25) is 5.95 Å². The molecule has 30 heavy (non-hydrogen) atoms. The van der Waals surface area contributed by atoms with Crippen LogP contribution in [-0.2, 0) is 0 Å². The Morgan fingerprint density at radius 1 is 1.13 bits per heavy atom. The number of carbonyl (C=O) groups excluding carboxylic acids is 1. The third-order valence-electron chi connectivity index (χ3n) is 4.35. The van der Waals surface area contributed by atoms with Crippen molar-refractivity contribution in [1.29, 1.82) is 0 Å². The van der Waals surface area contributed by atoms with E-state index in [2.05, 4.69) is 40.5 Å². The summed E-state index contributed by atoms with van der Waals surface area (Å²) in [6.45, 7) is 3.95. The second kappa shape index (κ2) is 8.21. The number of hydrogen-bond donors (Lipinski definition) is 4. The first-order chi connectivity index (χ1) is 14.5. The molecule has 4 N–H and O–H groups in total. The van der Waals surface area contributed by atoms with E-state index in [9.17, 15) is 9.90 Å². The Labute approximate surface area is 171 Å². The predicted octanol–water partition coefficient (Wildman–Crippen LogP) is 2.67. The summed E-state index contributed by atoms with van der Waals surface area (Å²) in [5.74, 6) is 1.17. The number of aromatic amines is 1. The summed E-state index contributed by atoms with van der Waals surface area (Å²) in [4.78, 5) is 36.6. The van der Waals surface area contributed by atoms with Gasteiger partial charge < -0.3 is 15.4 Å². The summed E-state index contributed by atoms with van der Waals surface area (Å²) >= 11 is 0. The van der Waals surface area contributed by atoms with Gasteiger partial charge in [0.15, 0.2) is 11.6 Å². The van der Waals surface area contributed by atoms with Crippen molar-refractivity contribution in [2.75, 3.05) is 11.9 Å². The minimum atomic E-state index is -0.746. The minimum Gasteiger partial charge on any atom is -0.385 e. The first-order valence-corrected chi connectivity index (χ1v) is 9.41. The quantitative estimate of drug-likeness (QED) is 0.400. The third kappa shape index (κ3) is 3.94. The van der Waals surface area contributed by atoms with Crippen molar-refractivity contribution in [2.45, 2.75) is 20.0 Å².